The van der Waals surface area contributed by atoms with E-state index in [2.05, 4.69) is 25.5 Å². The second-order valence-corrected chi connectivity index (χ2v) is 8.45. The fraction of sp³-hybridized carbons (Fsp3) is 0.0476. The van der Waals surface area contributed by atoms with Crippen molar-refractivity contribution in [2.24, 2.45) is 0 Å². The lowest BCUT2D eigenvalue weighted by atomic mass is 10.1. The lowest BCUT2D eigenvalue weighted by molar-refractivity contribution is 0.414. The first-order chi connectivity index (χ1) is 14.7. The molecule has 3 heterocycles. The van der Waals surface area contributed by atoms with Crippen LogP contribution in [0.15, 0.2) is 74.9 Å². The highest BCUT2D eigenvalue weighted by molar-refractivity contribution is 7.99. The van der Waals surface area contributed by atoms with Gasteiger partial charge in [0.25, 0.3) is 5.22 Å². The summed E-state index contributed by atoms with van der Waals surface area (Å²) >= 11 is 8.93. The van der Waals surface area contributed by atoms with Gasteiger partial charge in [-0.1, -0.05) is 23.7 Å². The number of fused-ring (bicyclic) bond motifs is 1. The Labute approximate surface area is 184 Å². The molecule has 0 N–H and O–H groups in total. The van der Waals surface area contributed by atoms with Crippen molar-refractivity contribution >= 4 is 44.9 Å². The Morgan fingerprint density at radius 3 is 2.50 bits per heavy atom. The Hall–Kier alpha value is -2.94. The van der Waals surface area contributed by atoms with Gasteiger partial charge in [0.05, 0.1) is 12.5 Å². The third-order valence-corrected chi connectivity index (χ3v) is 6.40. The first-order valence-corrected chi connectivity index (χ1v) is 10.9. The highest BCUT2D eigenvalue weighted by atomic mass is 35.5. The molecule has 9 heteroatoms. The number of methoxy groups -OCH3 is 1. The molecule has 2 aromatic carbocycles. The van der Waals surface area contributed by atoms with Crippen LogP contribution < -0.4 is 4.74 Å². The first-order valence-electron chi connectivity index (χ1n) is 8.85. The SMILES string of the molecule is COc1ccc(-c2nnc(Sc3ncnc4scc(-c5ccc(Cl)cc5)c34)o2)cc1. The van der Waals surface area contributed by atoms with Crippen LogP contribution in [-0.2, 0) is 0 Å². The van der Waals surface area contributed by atoms with Crippen molar-refractivity contribution in [1.29, 1.82) is 0 Å². The predicted octanol–water partition coefficient (Wildman–Crippen LogP) is 6.22. The average molecular weight is 453 g/mol. The minimum atomic E-state index is 0.411. The molecule has 0 aliphatic carbocycles. The fourth-order valence-electron chi connectivity index (χ4n) is 2.95. The standard InChI is InChI=1S/C21H13ClN4O2S2/c1-27-15-8-4-13(5-9-15)18-25-26-21(28-18)30-20-17-16(10-29-19(17)23-11-24-20)12-2-6-14(22)7-3-12/h2-11H,1H3. The van der Waals surface area contributed by atoms with Crippen LogP contribution in [0.3, 0.4) is 0 Å². The van der Waals surface area contributed by atoms with E-state index in [1.54, 1.807) is 24.8 Å². The molecule has 0 spiro atoms. The fourth-order valence-corrected chi connectivity index (χ4v) is 4.83. The summed E-state index contributed by atoms with van der Waals surface area (Å²) in [6, 6.07) is 15.2. The van der Waals surface area contributed by atoms with E-state index in [0.717, 1.165) is 37.7 Å². The van der Waals surface area contributed by atoms with E-state index >= 15 is 0 Å². The lowest BCUT2D eigenvalue weighted by Gasteiger charge is -2.03. The van der Waals surface area contributed by atoms with E-state index in [4.69, 9.17) is 20.8 Å². The van der Waals surface area contributed by atoms with Crippen molar-refractivity contribution in [3.05, 3.63) is 65.3 Å². The van der Waals surface area contributed by atoms with Gasteiger partial charge < -0.3 is 9.15 Å². The van der Waals surface area contributed by atoms with E-state index in [1.165, 1.54) is 11.8 Å². The maximum absolute atomic E-state index is 6.04. The Bertz CT molecular complexity index is 1320. The zero-order chi connectivity index (χ0) is 20.5. The molecule has 0 aliphatic heterocycles. The summed E-state index contributed by atoms with van der Waals surface area (Å²) in [6.07, 6.45) is 1.55. The van der Waals surface area contributed by atoms with Crippen LogP contribution in [0.1, 0.15) is 0 Å². The van der Waals surface area contributed by atoms with Gasteiger partial charge in [0.2, 0.25) is 5.89 Å². The predicted molar refractivity (Wildman–Crippen MR) is 118 cm³/mol. The van der Waals surface area contributed by atoms with Crippen LogP contribution in [0.4, 0.5) is 0 Å². The minimum Gasteiger partial charge on any atom is -0.497 e. The Balaban J connectivity index is 1.49. The van der Waals surface area contributed by atoms with Gasteiger partial charge in [0.1, 0.15) is 21.9 Å². The van der Waals surface area contributed by atoms with Gasteiger partial charge in [0, 0.05) is 21.5 Å². The molecule has 5 rings (SSSR count). The summed E-state index contributed by atoms with van der Waals surface area (Å²) in [6.45, 7) is 0. The van der Waals surface area contributed by atoms with Crippen molar-refractivity contribution in [2.45, 2.75) is 10.2 Å². The summed E-state index contributed by atoms with van der Waals surface area (Å²) in [5, 5.41) is 13.2. The minimum absolute atomic E-state index is 0.411. The van der Waals surface area contributed by atoms with Crippen molar-refractivity contribution in [3.8, 4) is 28.3 Å². The van der Waals surface area contributed by atoms with Crippen LogP contribution in [0.5, 0.6) is 5.75 Å². The van der Waals surface area contributed by atoms with Crippen LogP contribution in [0.2, 0.25) is 5.02 Å². The van der Waals surface area contributed by atoms with Gasteiger partial charge >= 0.3 is 0 Å². The molecule has 0 fully saturated rings. The number of hydrogen-bond donors (Lipinski definition) is 0. The topological polar surface area (TPSA) is 73.9 Å². The largest absolute Gasteiger partial charge is 0.497 e. The van der Waals surface area contributed by atoms with Gasteiger partial charge in [-0.3, -0.25) is 0 Å². The summed E-state index contributed by atoms with van der Waals surface area (Å²) in [4.78, 5) is 9.77. The van der Waals surface area contributed by atoms with Crippen molar-refractivity contribution in [1.82, 2.24) is 20.2 Å². The second kappa shape index (κ2) is 8.06. The van der Waals surface area contributed by atoms with Crippen molar-refractivity contribution < 1.29 is 9.15 Å². The van der Waals surface area contributed by atoms with E-state index in [1.807, 2.05) is 48.5 Å². The Kier molecular flexibility index (Phi) is 5.12. The molecule has 148 valence electrons. The Morgan fingerprint density at radius 1 is 0.967 bits per heavy atom. The second-order valence-electron chi connectivity index (χ2n) is 6.22. The molecular weight excluding hydrogens is 440 g/mol. The normalized spacial score (nSPS) is 11.1. The van der Waals surface area contributed by atoms with E-state index in [-0.39, 0.29) is 0 Å². The zero-order valence-corrected chi connectivity index (χ0v) is 18.0. The maximum Gasteiger partial charge on any atom is 0.283 e. The first kappa shape index (κ1) is 19.0. The van der Waals surface area contributed by atoms with E-state index in [9.17, 15) is 0 Å². The number of aromatic nitrogens is 4. The van der Waals surface area contributed by atoms with Crippen molar-refractivity contribution in [2.75, 3.05) is 7.11 Å². The van der Waals surface area contributed by atoms with Crippen LogP contribution in [0, 0.1) is 0 Å². The van der Waals surface area contributed by atoms with Gasteiger partial charge in [0.15, 0.2) is 0 Å². The smallest absolute Gasteiger partial charge is 0.283 e. The van der Waals surface area contributed by atoms with E-state index in [0.29, 0.717) is 16.1 Å². The van der Waals surface area contributed by atoms with E-state index < -0.39 is 0 Å². The number of halogens is 1. The van der Waals surface area contributed by atoms with Gasteiger partial charge in [-0.2, -0.15) is 0 Å². The number of benzene rings is 2. The highest BCUT2D eigenvalue weighted by Gasteiger charge is 2.17. The molecule has 0 unspecified atom stereocenters. The number of ether oxygens (including phenoxy) is 1. The van der Waals surface area contributed by atoms with Crippen molar-refractivity contribution in [3.63, 3.8) is 0 Å². The number of nitrogens with zero attached hydrogens (tertiary/aromatic N) is 4. The molecule has 30 heavy (non-hydrogen) atoms. The molecule has 0 atom stereocenters. The number of rotatable bonds is 5. The molecule has 6 nitrogen and oxygen atoms in total. The quantitative estimate of drug-likeness (QED) is 0.293. The molecule has 0 radical (unpaired) electrons. The van der Waals surface area contributed by atoms with Crippen LogP contribution >= 0.6 is 34.7 Å². The lowest BCUT2D eigenvalue weighted by Crippen LogP contribution is -1.86. The van der Waals surface area contributed by atoms with Gasteiger partial charge in [-0.05, 0) is 53.7 Å². The summed E-state index contributed by atoms with van der Waals surface area (Å²) in [5.74, 6) is 1.21. The average Bonchev–Trinajstić information content (AvgIpc) is 3.42. The van der Waals surface area contributed by atoms with Gasteiger partial charge in [-0.25, -0.2) is 9.97 Å². The number of hydrogen-bond acceptors (Lipinski definition) is 8. The molecule has 3 aromatic heterocycles. The molecule has 5 aromatic rings. The summed E-state index contributed by atoms with van der Waals surface area (Å²) < 4.78 is 11.0. The van der Waals surface area contributed by atoms with Crippen LogP contribution in [0.25, 0.3) is 32.8 Å². The summed E-state index contributed by atoms with van der Waals surface area (Å²) in [7, 11) is 1.63. The molecular formula is C21H13ClN4O2S2. The third kappa shape index (κ3) is 3.65. The monoisotopic (exact) mass is 452 g/mol. The van der Waals surface area contributed by atoms with Crippen LogP contribution in [-0.4, -0.2) is 27.3 Å². The molecule has 0 amide bonds. The Morgan fingerprint density at radius 2 is 1.73 bits per heavy atom. The molecule has 0 bridgehead atoms. The highest BCUT2D eigenvalue weighted by Crippen LogP contribution is 2.40. The summed E-state index contributed by atoms with van der Waals surface area (Å²) in [5.41, 5.74) is 2.91. The molecule has 0 saturated carbocycles. The van der Waals surface area contributed by atoms with Gasteiger partial charge in [-0.15, -0.1) is 21.5 Å². The zero-order valence-electron chi connectivity index (χ0n) is 15.6. The molecule has 0 aliphatic rings. The number of thiophene rings is 1. The molecule has 0 saturated heterocycles. The maximum atomic E-state index is 6.04. The third-order valence-electron chi connectivity index (χ3n) is 4.42.